The van der Waals surface area contributed by atoms with Crippen LogP contribution in [0.4, 0.5) is 8.78 Å². The van der Waals surface area contributed by atoms with E-state index >= 15 is 0 Å². The van der Waals surface area contributed by atoms with E-state index < -0.39 is 42.8 Å². The van der Waals surface area contributed by atoms with Crippen LogP contribution < -0.4 is 5.32 Å². The number of halogens is 2. The van der Waals surface area contributed by atoms with Gasteiger partial charge in [-0.05, 0) is 6.92 Å². The van der Waals surface area contributed by atoms with E-state index in [1.54, 1.807) is 18.5 Å². The molecule has 0 aliphatic carbocycles. The Kier molecular flexibility index (Phi) is 5.75. The summed E-state index contributed by atoms with van der Waals surface area (Å²) in [6, 6.07) is -1.91. The molecule has 2 N–H and O–H groups in total. The maximum atomic E-state index is 13.7. The summed E-state index contributed by atoms with van der Waals surface area (Å²) in [6.07, 6.45) is 0.397. The molecule has 1 aromatic rings. The number of aliphatic carboxylic acids is 1. The molecule has 1 fully saturated rings. The molecule has 2 atom stereocenters. The van der Waals surface area contributed by atoms with Crippen LogP contribution in [-0.4, -0.2) is 71.0 Å². The highest BCUT2D eigenvalue weighted by Crippen LogP contribution is 2.33. The number of nitrogens with one attached hydrogen (secondary N) is 1. The molecule has 11 heteroatoms. The summed E-state index contributed by atoms with van der Waals surface area (Å²) in [6.45, 7) is 1.58. The molecule has 2 aliphatic heterocycles. The lowest BCUT2D eigenvalue weighted by Crippen LogP contribution is -2.53. The van der Waals surface area contributed by atoms with Gasteiger partial charge in [-0.1, -0.05) is 0 Å². The fraction of sp³-hybridized carbons (Fsp3) is 0.529. The van der Waals surface area contributed by atoms with Gasteiger partial charge in [-0.25, -0.2) is 18.6 Å². The van der Waals surface area contributed by atoms with E-state index in [1.165, 1.54) is 23.3 Å². The Morgan fingerprint density at radius 1 is 1.50 bits per heavy atom. The fourth-order valence-corrected chi connectivity index (χ4v) is 3.93. The Morgan fingerprint density at radius 2 is 2.25 bits per heavy atom. The molecule has 0 aromatic carbocycles. The number of amidine groups is 1. The number of hydrogen-bond acceptors (Lipinski definition) is 8. The van der Waals surface area contributed by atoms with Crippen molar-refractivity contribution in [2.45, 2.75) is 37.8 Å². The Labute approximate surface area is 163 Å². The highest BCUT2D eigenvalue weighted by atomic mass is 32.1. The van der Waals surface area contributed by atoms with E-state index in [0.29, 0.717) is 16.5 Å². The SMILES string of the molecule is COC(=O)C1=C(CN2CCC(F)(F)CC2C(=O)O)NC(c2nccs2)=NC1C. The van der Waals surface area contributed by atoms with Crippen molar-refractivity contribution < 1.29 is 28.2 Å². The molecule has 0 amide bonds. The minimum Gasteiger partial charge on any atom is -0.480 e. The molecule has 8 nitrogen and oxygen atoms in total. The Balaban J connectivity index is 1.91. The van der Waals surface area contributed by atoms with Gasteiger partial charge in [0.2, 0.25) is 0 Å². The summed E-state index contributed by atoms with van der Waals surface area (Å²) in [5.41, 5.74) is 0.625. The summed E-state index contributed by atoms with van der Waals surface area (Å²) in [5, 5.41) is 14.8. The zero-order chi connectivity index (χ0) is 20.5. The van der Waals surface area contributed by atoms with Gasteiger partial charge >= 0.3 is 11.9 Å². The van der Waals surface area contributed by atoms with E-state index in [9.17, 15) is 23.5 Å². The number of thiazole rings is 1. The number of methoxy groups -OCH3 is 1. The molecule has 1 aromatic heterocycles. The van der Waals surface area contributed by atoms with Gasteiger partial charge in [0.25, 0.3) is 5.92 Å². The monoisotopic (exact) mass is 414 g/mol. The first-order valence-electron chi connectivity index (χ1n) is 8.62. The Hall–Kier alpha value is -2.40. The number of likely N-dealkylation sites (tertiary alicyclic amines) is 1. The number of carboxylic acid groups (broad SMARTS) is 1. The molecule has 2 aliphatic rings. The van der Waals surface area contributed by atoms with Crippen molar-refractivity contribution >= 4 is 29.1 Å². The fourth-order valence-electron chi connectivity index (χ4n) is 3.34. The standard InChI is InChI=1S/C17H20F2N4O4S/c1-9-12(16(26)27-2)10(22-13(21-9)14-20-4-6-28-14)8-23-5-3-17(18,19)7-11(23)15(24)25/h4,6,9,11H,3,5,7-8H2,1-2H3,(H,21,22)(H,24,25). The number of nitrogens with zero attached hydrogens (tertiary/aromatic N) is 3. The summed E-state index contributed by atoms with van der Waals surface area (Å²) in [5.74, 6) is -4.51. The molecule has 2 unspecified atom stereocenters. The first kappa shape index (κ1) is 20.3. The van der Waals surface area contributed by atoms with Crippen molar-refractivity contribution in [1.29, 1.82) is 0 Å². The van der Waals surface area contributed by atoms with E-state index in [-0.39, 0.29) is 18.7 Å². The number of carbonyl (C=O) groups is 2. The van der Waals surface area contributed by atoms with Crippen LogP contribution in [0.2, 0.25) is 0 Å². The number of aromatic nitrogens is 1. The van der Waals surface area contributed by atoms with Crippen LogP contribution in [0.1, 0.15) is 24.8 Å². The third kappa shape index (κ3) is 4.20. The average molecular weight is 414 g/mol. The quantitative estimate of drug-likeness (QED) is 0.704. The second-order valence-corrected chi connectivity index (χ2v) is 7.53. The first-order valence-corrected chi connectivity index (χ1v) is 9.50. The predicted octanol–water partition coefficient (Wildman–Crippen LogP) is 1.49. The largest absolute Gasteiger partial charge is 0.480 e. The molecule has 3 rings (SSSR count). The van der Waals surface area contributed by atoms with Crippen molar-refractivity contribution in [2.24, 2.45) is 4.99 Å². The smallest absolute Gasteiger partial charge is 0.337 e. The second-order valence-electron chi connectivity index (χ2n) is 6.63. The zero-order valence-electron chi connectivity index (χ0n) is 15.3. The zero-order valence-corrected chi connectivity index (χ0v) is 16.1. The lowest BCUT2D eigenvalue weighted by molar-refractivity contribution is -0.153. The molecular weight excluding hydrogens is 394 g/mol. The molecule has 1 saturated heterocycles. The van der Waals surface area contributed by atoms with Crippen molar-refractivity contribution in [1.82, 2.24) is 15.2 Å². The molecule has 0 saturated carbocycles. The number of rotatable bonds is 5. The second kappa shape index (κ2) is 7.92. The topological polar surface area (TPSA) is 104 Å². The van der Waals surface area contributed by atoms with Crippen LogP contribution >= 0.6 is 11.3 Å². The minimum absolute atomic E-state index is 0.0216. The van der Waals surface area contributed by atoms with Crippen molar-refractivity contribution in [2.75, 3.05) is 20.2 Å². The van der Waals surface area contributed by atoms with Gasteiger partial charge < -0.3 is 15.2 Å². The van der Waals surface area contributed by atoms with Gasteiger partial charge in [0.05, 0.1) is 18.7 Å². The number of hydrogen-bond donors (Lipinski definition) is 2. The van der Waals surface area contributed by atoms with Gasteiger partial charge in [-0.15, -0.1) is 11.3 Å². The first-order chi connectivity index (χ1) is 13.2. The normalized spacial score (nSPS) is 25.1. The maximum absolute atomic E-state index is 13.7. The lowest BCUT2D eigenvalue weighted by atomic mass is 9.97. The third-order valence-corrected chi connectivity index (χ3v) is 5.50. The molecule has 0 radical (unpaired) electrons. The lowest BCUT2D eigenvalue weighted by Gasteiger charge is -2.38. The van der Waals surface area contributed by atoms with Crippen LogP contribution in [0, 0.1) is 0 Å². The average Bonchev–Trinajstić information content (AvgIpc) is 3.16. The Morgan fingerprint density at radius 3 is 2.86 bits per heavy atom. The van der Waals surface area contributed by atoms with Crippen LogP contribution in [0.25, 0.3) is 0 Å². The van der Waals surface area contributed by atoms with Gasteiger partial charge in [0, 0.05) is 43.2 Å². The van der Waals surface area contributed by atoms with Gasteiger partial charge in [0.1, 0.15) is 6.04 Å². The summed E-state index contributed by atoms with van der Waals surface area (Å²) >= 11 is 1.35. The van der Waals surface area contributed by atoms with E-state index in [0.717, 1.165) is 0 Å². The molecule has 0 spiro atoms. The summed E-state index contributed by atoms with van der Waals surface area (Å²) < 4.78 is 32.3. The highest BCUT2D eigenvalue weighted by Gasteiger charge is 2.44. The molecule has 0 bridgehead atoms. The Bertz CT molecular complexity index is 825. The molecule has 152 valence electrons. The summed E-state index contributed by atoms with van der Waals surface area (Å²) in [4.78, 5) is 33.9. The van der Waals surface area contributed by atoms with Crippen LogP contribution in [0.15, 0.2) is 27.8 Å². The minimum atomic E-state index is -3.03. The number of ether oxygens (including phenoxy) is 1. The molecule has 3 heterocycles. The van der Waals surface area contributed by atoms with E-state index in [2.05, 4.69) is 15.3 Å². The van der Waals surface area contributed by atoms with Gasteiger partial charge in [-0.3, -0.25) is 14.7 Å². The van der Waals surface area contributed by atoms with Crippen LogP contribution in [0.5, 0.6) is 0 Å². The van der Waals surface area contributed by atoms with Crippen LogP contribution in [-0.2, 0) is 14.3 Å². The number of aliphatic imine (C=N–C) groups is 1. The van der Waals surface area contributed by atoms with Crippen molar-refractivity contribution in [3.8, 4) is 0 Å². The maximum Gasteiger partial charge on any atom is 0.337 e. The van der Waals surface area contributed by atoms with Crippen molar-refractivity contribution in [3.05, 3.63) is 27.9 Å². The van der Waals surface area contributed by atoms with Crippen LogP contribution in [0.3, 0.4) is 0 Å². The number of alkyl halides is 2. The van der Waals surface area contributed by atoms with E-state index in [1.807, 2.05) is 0 Å². The van der Waals surface area contributed by atoms with E-state index in [4.69, 9.17) is 4.74 Å². The predicted molar refractivity (Wildman–Crippen MR) is 97.5 cm³/mol. The summed E-state index contributed by atoms with van der Waals surface area (Å²) in [7, 11) is 1.24. The number of esters is 1. The van der Waals surface area contributed by atoms with Crippen molar-refractivity contribution in [3.63, 3.8) is 0 Å². The molecule has 28 heavy (non-hydrogen) atoms. The van der Waals surface area contributed by atoms with Gasteiger partial charge in [0.15, 0.2) is 10.8 Å². The third-order valence-electron chi connectivity index (χ3n) is 4.72. The molecular formula is C17H20F2N4O4S. The number of carboxylic acids is 1. The number of piperidine rings is 1. The van der Waals surface area contributed by atoms with Gasteiger partial charge in [-0.2, -0.15) is 0 Å². The number of carbonyl (C=O) groups excluding carboxylic acids is 1. The highest BCUT2D eigenvalue weighted by molar-refractivity contribution is 7.11.